The van der Waals surface area contributed by atoms with Gasteiger partial charge in [0, 0.05) is 46.8 Å². The van der Waals surface area contributed by atoms with E-state index >= 15 is 0 Å². The molecule has 4 aromatic rings. The number of alkyl halides is 3. The van der Waals surface area contributed by atoms with Gasteiger partial charge < -0.3 is 20.5 Å². The van der Waals surface area contributed by atoms with Crippen LogP contribution in [-0.2, 0) is 21.4 Å². The van der Waals surface area contributed by atoms with Gasteiger partial charge in [-0.2, -0.15) is 4.31 Å². The molecule has 1 saturated heterocycles. The van der Waals surface area contributed by atoms with Crippen LogP contribution in [0.25, 0.3) is 11.2 Å². The van der Waals surface area contributed by atoms with Crippen molar-refractivity contribution in [1.82, 2.24) is 24.2 Å². The van der Waals surface area contributed by atoms with E-state index in [0.717, 1.165) is 34.1 Å². The fourth-order valence-corrected chi connectivity index (χ4v) is 6.63. The average Bonchev–Trinajstić information content (AvgIpc) is 2.96. The van der Waals surface area contributed by atoms with E-state index in [1.807, 2.05) is 0 Å². The minimum absolute atomic E-state index is 0.101. The van der Waals surface area contributed by atoms with Gasteiger partial charge in [-0.3, -0.25) is 4.79 Å². The van der Waals surface area contributed by atoms with E-state index in [-0.39, 0.29) is 24.5 Å². The normalized spacial score (nSPS) is 15.9. The standard InChI is InChI=1S/C18H15F3N6O5S.C7H6Cl3N/c19-18(20,21)32-11-1-3-12(4-2-11)33(30,31)27-6-5-26(9-14(27)17(28)29)15-8-23-13-7-22-10-24-16(13)25-15;8-4-1-6(9)5(3-11)7(10)2-4/h1-4,7-8,10,14H,5-6,9H2,(H,28,29);1-2H,3,11H2/t14-;/m1./s1. The van der Waals surface area contributed by atoms with E-state index in [1.165, 1.54) is 18.7 Å². The zero-order valence-electron chi connectivity index (χ0n) is 22.1. The third-order valence-electron chi connectivity index (χ3n) is 6.13. The Hall–Kier alpha value is -3.54. The topological polar surface area (TPSA) is 165 Å². The Morgan fingerprint density at radius 2 is 1.73 bits per heavy atom. The number of carboxylic acid groups (broad SMARTS) is 1. The second-order valence-electron chi connectivity index (χ2n) is 8.95. The minimum Gasteiger partial charge on any atom is -0.480 e. The van der Waals surface area contributed by atoms with Gasteiger partial charge in [0.1, 0.15) is 29.5 Å². The molecule has 3 heterocycles. The molecule has 19 heteroatoms. The van der Waals surface area contributed by atoms with Crippen molar-refractivity contribution < 1.29 is 36.2 Å². The lowest BCUT2D eigenvalue weighted by atomic mass is 10.2. The van der Waals surface area contributed by atoms with Crippen molar-refractivity contribution in [1.29, 1.82) is 0 Å². The molecule has 0 radical (unpaired) electrons. The van der Waals surface area contributed by atoms with Gasteiger partial charge in [0.05, 0.1) is 17.3 Å². The summed E-state index contributed by atoms with van der Waals surface area (Å²) in [5, 5.41) is 11.3. The van der Waals surface area contributed by atoms with Crippen molar-refractivity contribution in [3.63, 3.8) is 0 Å². The number of nitrogens with two attached hydrogens (primary N) is 1. The first-order valence-corrected chi connectivity index (χ1v) is 14.9. The molecule has 2 aromatic carbocycles. The molecule has 1 atom stereocenters. The predicted octanol–water partition coefficient (Wildman–Crippen LogP) is 4.39. The van der Waals surface area contributed by atoms with Crippen molar-refractivity contribution in [2.24, 2.45) is 5.73 Å². The fraction of sp³-hybridized carbons (Fsp3) is 0.240. The number of piperazine rings is 1. The van der Waals surface area contributed by atoms with Crippen molar-refractivity contribution in [3.8, 4) is 5.75 Å². The van der Waals surface area contributed by atoms with E-state index in [1.54, 1.807) is 17.0 Å². The first-order valence-electron chi connectivity index (χ1n) is 12.3. The highest BCUT2D eigenvalue weighted by atomic mass is 35.5. The van der Waals surface area contributed by atoms with Crippen LogP contribution in [0.4, 0.5) is 19.0 Å². The predicted molar refractivity (Wildman–Crippen MR) is 155 cm³/mol. The van der Waals surface area contributed by atoms with Crippen molar-refractivity contribution in [2.45, 2.75) is 23.8 Å². The van der Waals surface area contributed by atoms with E-state index < -0.39 is 34.1 Å². The Morgan fingerprint density at radius 1 is 1.07 bits per heavy atom. The van der Waals surface area contributed by atoms with Gasteiger partial charge in [-0.15, -0.1) is 13.2 Å². The Labute approximate surface area is 263 Å². The van der Waals surface area contributed by atoms with Crippen LogP contribution in [-0.4, -0.2) is 75.8 Å². The lowest BCUT2D eigenvalue weighted by molar-refractivity contribution is -0.274. The van der Waals surface area contributed by atoms with Crippen LogP contribution in [0.5, 0.6) is 5.75 Å². The number of sulfonamides is 1. The number of benzene rings is 2. The molecule has 234 valence electrons. The number of nitrogens with zero attached hydrogens (tertiary/aromatic N) is 6. The number of fused-ring (bicyclic) bond motifs is 1. The van der Waals surface area contributed by atoms with Crippen LogP contribution >= 0.6 is 34.8 Å². The number of anilines is 1. The molecule has 0 amide bonds. The van der Waals surface area contributed by atoms with Gasteiger partial charge in [-0.1, -0.05) is 34.8 Å². The summed E-state index contributed by atoms with van der Waals surface area (Å²) in [6, 6.07) is 5.32. The van der Waals surface area contributed by atoms with Crippen molar-refractivity contribution in [2.75, 3.05) is 24.5 Å². The Morgan fingerprint density at radius 3 is 2.32 bits per heavy atom. The number of aromatic nitrogens is 4. The number of hydrogen-bond acceptors (Lipinski definition) is 10. The van der Waals surface area contributed by atoms with E-state index in [9.17, 15) is 31.5 Å². The first-order chi connectivity index (χ1) is 20.7. The summed E-state index contributed by atoms with van der Waals surface area (Å²) < 4.78 is 67.6. The van der Waals surface area contributed by atoms with E-state index in [2.05, 4.69) is 24.7 Å². The monoisotopic (exact) mass is 693 g/mol. The maximum Gasteiger partial charge on any atom is 0.573 e. The second kappa shape index (κ2) is 13.6. The molecule has 0 unspecified atom stereocenters. The lowest BCUT2D eigenvalue weighted by Gasteiger charge is -2.38. The maximum atomic E-state index is 13.1. The van der Waals surface area contributed by atoms with Crippen LogP contribution in [0.15, 0.2) is 60.0 Å². The lowest BCUT2D eigenvalue weighted by Crippen LogP contribution is -2.58. The molecule has 2 aromatic heterocycles. The summed E-state index contributed by atoms with van der Waals surface area (Å²) in [7, 11) is -4.32. The molecule has 1 aliphatic rings. The molecule has 1 fully saturated rings. The molecule has 0 aliphatic carbocycles. The van der Waals surface area contributed by atoms with Crippen LogP contribution in [0.3, 0.4) is 0 Å². The number of halogens is 6. The molecular weight excluding hydrogens is 674 g/mol. The molecule has 1 aliphatic heterocycles. The maximum absolute atomic E-state index is 13.1. The number of rotatable bonds is 6. The van der Waals surface area contributed by atoms with Crippen molar-refractivity contribution in [3.05, 3.63) is 75.8 Å². The van der Waals surface area contributed by atoms with Gasteiger partial charge in [0.25, 0.3) is 0 Å². The highest BCUT2D eigenvalue weighted by Gasteiger charge is 2.41. The molecule has 12 nitrogen and oxygen atoms in total. The number of carbonyl (C=O) groups is 1. The number of aliphatic carboxylic acids is 1. The minimum atomic E-state index is -4.93. The molecule has 0 spiro atoms. The highest BCUT2D eigenvalue weighted by Crippen LogP contribution is 2.29. The Balaban J connectivity index is 0.000000339. The summed E-state index contributed by atoms with van der Waals surface area (Å²) in [5.41, 5.74) is 6.86. The van der Waals surface area contributed by atoms with E-state index in [4.69, 9.17) is 40.5 Å². The highest BCUT2D eigenvalue weighted by molar-refractivity contribution is 7.89. The molecule has 3 N–H and O–H groups in total. The zero-order chi connectivity index (χ0) is 32.2. The Kier molecular flexibility index (Phi) is 10.3. The van der Waals surface area contributed by atoms with E-state index in [0.29, 0.717) is 38.6 Å². The zero-order valence-corrected chi connectivity index (χ0v) is 25.2. The van der Waals surface area contributed by atoms with Crippen molar-refractivity contribution >= 4 is 67.8 Å². The number of ether oxygens (including phenoxy) is 1. The molecular formula is C25H21Cl3F3N7O5S. The van der Waals surface area contributed by atoms with Gasteiger partial charge in [0.2, 0.25) is 10.0 Å². The van der Waals surface area contributed by atoms with Gasteiger partial charge in [-0.25, -0.2) is 28.4 Å². The van der Waals surface area contributed by atoms with Gasteiger partial charge in [0.15, 0.2) is 5.65 Å². The molecule has 0 saturated carbocycles. The smallest absolute Gasteiger partial charge is 0.480 e. The first kappa shape index (κ1) is 33.4. The molecule has 44 heavy (non-hydrogen) atoms. The Bertz CT molecular complexity index is 1750. The third kappa shape index (κ3) is 7.94. The van der Waals surface area contributed by atoms with Gasteiger partial charge in [-0.05, 0) is 36.4 Å². The second-order valence-corrected chi connectivity index (χ2v) is 12.1. The summed E-state index contributed by atoms with van der Waals surface area (Å²) in [5.74, 6) is -1.67. The largest absolute Gasteiger partial charge is 0.573 e. The summed E-state index contributed by atoms with van der Waals surface area (Å²) in [6.07, 6.45) is -0.762. The summed E-state index contributed by atoms with van der Waals surface area (Å²) >= 11 is 17.2. The summed E-state index contributed by atoms with van der Waals surface area (Å²) in [6.45, 7) is -0.00290. The van der Waals surface area contributed by atoms with Crippen LogP contribution < -0.4 is 15.4 Å². The average molecular weight is 695 g/mol. The number of carboxylic acids is 1. The quantitative estimate of drug-likeness (QED) is 0.294. The SMILES string of the molecule is NCc1c(Cl)cc(Cl)cc1Cl.O=C(O)[C@H]1CN(c2cnc3cncnc3n2)CCN1S(=O)(=O)c1ccc(OC(F)(F)F)cc1. The van der Waals surface area contributed by atoms with Crippen LogP contribution in [0.1, 0.15) is 5.56 Å². The molecule has 5 rings (SSSR count). The van der Waals surface area contributed by atoms with Crippen LogP contribution in [0.2, 0.25) is 15.1 Å². The fourth-order valence-electron chi connectivity index (χ4n) is 4.09. The van der Waals surface area contributed by atoms with Gasteiger partial charge >= 0.3 is 12.3 Å². The summed E-state index contributed by atoms with van der Waals surface area (Å²) in [4.78, 5) is 29.4. The van der Waals surface area contributed by atoms with Crippen LogP contribution in [0, 0.1) is 0 Å². The number of hydrogen-bond donors (Lipinski definition) is 2. The third-order valence-corrected chi connectivity index (χ3v) is 8.94. The molecule has 0 bridgehead atoms.